The zero-order valence-corrected chi connectivity index (χ0v) is 19.6. The summed E-state index contributed by atoms with van der Waals surface area (Å²) < 4.78 is 29.1. The Hall–Kier alpha value is -1.42. The van der Waals surface area contributed by atoms with E-state index in [2.05, 4.69) is 11.9 Å². The number of rotatable bonds is 16. The average Bonchev–Trinajstić information content (AvgIpc) is 3.08. The summed E-state index contributed by atoms with van der Waals surface area (Å²) in [5.74, 6) is 0. The number of ether oxygens (including phenoxy) is 2. The Labute approximate surface area is 188 Å². The molecule has 1 aliphatic rings. The van der Waals surface area contributed by atoms with Crippen LogP contribution in [0.25, 0.3) is 0 Å². The van der Waals surface area contributed by atoms with E-state index in [-0.39, 0.29) is 0 Å². The maximum atomic E-state index is 12.2. The second-order valence-electron chi connectivity index (χ2n) is 8.09. The first-order valence-corrected chi connectivity index (χ1v) is 12.6. The number of aromatic amines is 1. The van der Waals surface area contributed by atoms with Gasteiger partial charge in [-0.2, -0.15) is 0 Å². The molecule has 32 heavy (non-hydrogen) atoms. The van der Waals surface area contributed by atoms with Crippen LogP contribution < -0.4 is 11.2 Å². The maximum absolute atomic E-state index is 12.2. The molecule has 11 heteroatoms. The topological polar surface area (TPSA) is 140 Å². The van der Waals surface area contributed by atoms with Crippen LogP contribution in [0.2, 0.25) is 0 Å². The third-order valence-corrected chi connectivity index (χ3v) is 6.03. The zero-order valence-electron chi connectivity index (χ0n) is 18.7. The van der Waals surface area contributed by atoms with Crippen LogP contribution in [-0.4, -0.2) is 51.1 Å². The lowest BCUT2D eigenvalue weighted by atomic mass is 10.1. The largest absolute Gasteiger partial charge is 0.695 e. The summed E-state index contributed by atoms with van der Waals surface area (Å²) in [5, 5.41) is 9.62. The minimum atomic E-state index is -2.97. The van der Waals surface area contributed by atoms with Crippen molar-refractivity contribution in [1.82, 2.24) is 9.55 Å². The molecule has 5 atom stereocenters. The number of nitrogens with one attached hydrogen (secondary N) is 1. The van der Waals surface area contributed by atoms with Gasteiger partial charge in [-0.3, -0.25) is 14.3 Å². The zero-order chi connectivity index (χ0) is 23.3. The number of H-pyrrole nitrogens is 1. The van der Waals surface area contributed by atoms with Gasteiger partial charge in [0.05, 0.1) is 6.61 Å². The van der Waals surface area contributed by atoms with Crippen LogP contribution in [0.3, 0.4) is 0 Å². The quantitative estimate of drug-likeness (QED) is 0.245. The molecule has 3 N–H and O–H groups in total. The molecule has 1 saturated heterocycles. The number of aliphatic hydroxyl groups excluding tert-OH is 1. The Kier molecular flexibility index (Phi) is 12.3. The van der Waals surface area contributed by atoms with Gasteiger partial charge in [0.2, 0.25) is 0 Å². The van der Waals surface area contributed by atoms with Crippen molar-refractivity contribution in [3.8, 4) is 0 Å². The van der Waals surface area contributed by atoms with E-state index < -0.39 is 50.7 Å². The van der Waals surface area contributed by atoms with Crippen LogP contribution in [-0.2, 0) is 18.6 Å². The predicted octanol–water partition coefficient (Wildman–Crippen LogP) is 2.77. The van der Waals surface area contributed by atoms with Gasteiger partial charge in [0.25, 0.3) is 5.56 Å². The van der Waals surface area contributed by atoms with Crippen molar-refractivity contribution in [2.45, 2.75) is 95.7 Å². The summed E-state index contributed by atoms with van der Waals surface area (Å²) >= 11 is 0. The normalized spacial score (nSPS) is 23.5. The summed E-state index contributed by atoms with van der Waals surface area (Å²) in [6, 6.07) is 1.17. The van der Waals surface area contributed by atoms with E-state index in [4.69, 9.17) is 14.0 Å². The van der Waals surface area contributed by atoms with Crippen LogP contribution in [0.1, 0.15) is 77.4 Å². The molecule has 0 spiro atoms. The smallest absolute Gasteiger partial charge is 0.394 e. The molecule has 2 heterocycles. The summed E-state index contributed by atoms with van der Waals surface area (Å²) in [6.45, 7) is 2.07. The minimum Gasteiger partial charge on any atom is -0.394 e. The van der Waals surface area contributed by atoms with E-state index in [0.717, 1.165) is 23.8 Å². The highest BCUT2D eigenvalue weighted by Crippen LogP contribution is 2.37. The molecule has 0 bridgehead atoms. The van der Waals surface area contributed by atoms with E-state index in [9.17, 15) is 24.2 Å². The van der Waals surface area contributed by atoms with Crippen molar-refractivity contribution < 1.29 is 28.6 Å². The van der Waals surface area contributed by atoms with E-state index >= 15 is 0 Å². The van der Waals surface area contributed by atoms with Gasteiger partial charge in [-0.25, -0.2) is 4.79 Å². The molecular weight excluding hydrogens is 439 g/mol. The van der Waals surface area contributed by atoms with Crippen LogP contribution >= 0.6 is 8.25 Å². The van der Waals surface area contributed by atoms with Crippen LogP contribution in [0.4, 0.5) is 0 Å². The number of aromatic nitrogens is 2. The van der Waals surface area contributed by atoms with Crippen molar-refractivity contribution in [3.63, 3.8) is 0 Å². The lowest BCUT2D eigenvalue weighted by Gasteiger charge is -2.22. The predicted molar refractivity (Wildman–Crippen MR) is 119 cm³/mol. The summed E-state index contributed by atoms with van der Waals surface area (Å²) in [6.07, 6.45) is 9.06. The molecule has 2 rings (SSSR count). The second kappa shape index (κ2) is 14.7. The van der Waals surface area contributed by atoms with E-state index in [0.29, 0.717) is 6.61 Å². The number of hydrogen-bond acceptors (Lipinski definition) is 7. The van der Waals surface area contributed by atoms with Crippen molar-refractivity contribution >= 4 is 8.25 Å². The van der Waals surface area contributed by atoms with Crippen molar-refractivity contribution in [3.05, 3.63) is 33.1 Å². The second-order valence-corrected chi connectivity index (χ2v) is 8.78. The van der Waals surface area contributed by atoms with Gasteiger partial charge in [0.15, 0.2) is 12.3 Å². The third kappa shape index (κ3) is 8.50. The number of unbranched alkanes of at least 4 members (excludes halogenated alkanes) is 9. The fourth-order valence-corrected chi connectivity index (χ4v) is 4.39. The molecule has 0 aliphatic carbocycles. The molecule has 1 aromatic rings. The summed E-state index contributed by atoms with van der Waals surface area (Å²) in [5.41, 5.74) is -1.27. The fourth-order valence-electron chi connectivity index (χ4n) is 3.92. The first-order valence-electron chi connectivity index (χ1n) is 11.5. The average molecular weight is 475 g/mol. The molecule has 0 aromatic carbocycles. The summed E-state index contributed by atoms with van der Waals surface area (Å²) in [7, 11) is -2.97. The van der Waals surface area contributed by atoms with Gasteiger partial charge in [-0.05, 0) is 6.42 Å². The first kappa shape index (κ1) is 26.8. The van der Waals surface area contributed by atoms with Crippen LogP contribution in [0.5, 0.6) is 0 Å². The molecule has 1 fully saturated rings. The lowest BCUT2D eigenvalue weighted by Crippen LogP contribution is -2.40. The lowest BCUT2D eigenvalue weighted by molar-refractivity contribution is -0.0744. The molecule has 2 unspecified atom stereocenters. The molecule has 10 nitrogen and oxygen atoms in total. The highest BCUT2D eigenvalue weighted by atomic mass is 31.1. The van der Waals surface area contributed by atoms with Gasteiger partial charge in [-0.15, -0.1) is 9.42 Å². The van der Waals surface area contributed by atoms with Gasteiger partial charge < -0.3 is 14.6 Å². The molecule has 0 amide bonds. The molecule has 1 aromatic heterocycles. The highest BCUT2D eigenvalue weighted by Gasteiger charge is 2.51. The number of hydrogen-bond donors (Lipinski definition) is 3. The minimum absolute atomic E-state index is 0.347. The van der Waals surface area contributed by atoms with E-state index in [1.807, 2.05) is 0 Å². The van der Waals surface area contributed by atoms with Crippen molar-refractivity contribution in [1.29, 1.82) is 0 Å². The fraction of sp³-hybridized carbons (Fsp3) is 0.810. The number of nitrogens with zero attached hydrogens (tertiary/aromatic N) is 1. The van der Waals surface area contributed by atoms with Gasteiger partial charge >= 0.3 is 13.9 Å². The van der Waals surface area contributed by atoms with Crippen LogP contribution in [0.15, 0.2) is 21.9 Å². The Morgan fingerprint density at radius 1 is 1.06 bits per heavy atom. The molecule has 0 saturated carbocycles. The highest BCUT2D eigenvalue weighted by molar-refractivity contribution is 7.32. The van der Waals surface area contributed by atoms with Gasteiger partial charge in [-0.1, -0.05) is 64.7 Å². The number of aliphatic hydroxyl groups is 1. The summed E-state index contributed by atoms with van der Waals surface area (Å²) in [4.78, 5) is 35.0. The van der Waals surface area contributed by atoms with Crippen molar-refractivity contribution in [2.75, 3.05) is 13.2 Å². The maximum Gasteiger partial charge on any atom is 0.695 e. The van der Waals surface area contributed by atoms with E-state index in [1.54, 1.807) is 0 Å². The van der Waals surface area contributed by atoms with E-state index in [1.165, 1.54) is 57.2 Å². The van der Waals surface area contributed by atoms with Crippen LogP contribution in [0, 0.1) is 0 Å². The Morgan fingerprint density at radius 2 is 1.69 bits per heavy atom. The molecule has 0 radical (unpaired) electrons. The SMILES string of the molecule is CCCCCCCCCCCCOC1[C@@H](O[P+](=O)O)[C@@H](CO)O[C@H]1n1ccc(=O)[nH]c1=O. The third-order valence-electron chi connectivity index (χ3n) is 5.61. The van der Waals surface area contributed by atoms with Gasteiger partial charge in [0, 0.05) is 23.4 Å². The Bertz CT molecular complexity index is 798. The first-order chi connectivity index (χ1) is 15.5. The molecule has 1 aliphatic heterocycles. The monoisotopic (exact) mass is 475 g/mol. The Balaban J connectivity index is 1.88. The molecular formula is C21H36N2O8P+. The molecule has 182 valence electrons. The van der Waals surface area contributed by atoms with Crippen molar-refractivity contribution in [2.24, 2.45) is 0 Å². The Morgan fingerprint density at radius 3 is 2.25 bits per heavy atom. The standard InChI is InChI=1S/C21H35N2O8P/c1-2-3-4-5-6-7-8-9-10-11-14-29-19-18(31-32(27)28)16(15-24)30-20(19)23-13-12-17(25)22-21(23)26/h12-13,16,18-20,24H,2-11,14-15H2,1H3,(H-,22,25,26,27,28)/p+1/t16-,18+,19?,20-/m1/s1. The van der Waals surface area contributed by atoms with Gasteiger partial charge in [0.1, 0.15) is 12.2 Å².